The maximum Gasteiger partial charge on any atom is 0.161 e. The van der Waals surface area contributed by atoms with Gasteiger partial charge in [-0.3, -0.25) is 9.98 Å². The van der Waals surface area contributed by atoms with Gasteiger partial charge in [0.25, 0.3) is 0 Å². The highest BCUT2D eigenvalue weighted by molar-refractivity contribution is 6.35. The van der Waals surface area contributed by atoms with Crippen molar-refractivity contribution in [1.82, 2.24) is 4.98 Å². The van der Waals surface area contributed by atoms with Crippen LogP contribution in [-0.2, 0) is 6.61 Å². The molecule has 4 aromatic rings. The maximum absolute atomic E-state index is 6.22. The molecule has 0 spiro atoms. The molecule has 4 nitrogen and oxygen atoms in total. The predicted molar refractivity (Wildman–Crippen MR) is 123 cm³/mol. The number of fused-ring (bicyclic) bond motifs is 1. The smallest absolute Gasteiger partial charge is 0.161 e. The van der Waals surface area contributed by atoms with Crippen LogP contribution in [0.4, 0.5) is 5.69 Å². The van der Waals surface area contributed by atoms with Crippen LogP contribution in [-0.4, -0.2) is 18.3 Å². The zero-order valence-corrected chi connectivity index (χ0v) is 17.7. The summed E-state index contributed by atoms with van der Waals surface area (Å²) in [5.74, 6) is 1.24. The van der Waals surface area contributed by atoms with Gasteiger partial charge < -0.3 is 9.47 Å². The van der Waals surface area contributed by atoms with Crippen molar-refractivity contribution in [3.8, 4) is 11.5 Å². The van der Waals surface area contributed by atoms with Gasteiger partial charge in [0, 0.05) is 45.0 Å². The number of hydrogen-bond donors (Lipinski definition) is 0. The van der Waals surface area contributed by atoms with E-state index in [2.05, 4.69) is 9.98 Å². The van der Waals surface area contributed by atoms with Crippen LogP contribution in [0, 0.1) is 0 Å². The van der Waals surface area contributed by atoms with Gasteiger partial charge >= 0.3 is 0 Å². The third kappa shape index (κ3) is 4.56. The molecule has 0 aliphatic rings. The lowest BCUT2D eigenvalue weighted by molar-refractivity contribution is 0.284. The highest BCUT2D eigenvalue weighted by Crippen LogP contribution is 2.30. The summed E-state index contributed by atoms with van der Waals surface area (Å²) < 4.78 is 11.4. The summed E-state index contributed by atoms with van der Waals surface area (Å²) >= 11 is 12.2. The number of hydrogen-bond acceptors (Lipinski definition) is 4. The van der Waals surface area contributed by atoms with E-state index in [1.165, 1.54) is 0 Å². The van der Waals surface area contributed by atoms with E-state index in [0.717, 1.165) is 27.6 Å². The fourth-order valence-electron chi connectivity index (χ4n) is 3.04. The second-order valence-corrected chi connectivity index (χ2v) is 7.41. The van der Waals surface area contributed by atoms with Crippen molar-refractivity contribution in [3.05, 3.63) is 94.2 Å². The van der Waals surface area contributed by atoms with Crippen LogP contribution in [0.1, 0.15) is 11.1 Å². The molecular formula is C24H18Cl2N2O2. The van der Waals surface area contributed by atoms with Crippen molar-refractivity contribution in [1.29, 1.82) is 0 Å². The Labute approximate surface area is 184 Å². The number of ether oxygens (including phenoxy) is 2. The Balaban J connectivity index is 1.53. The van der Waals surface area contributed by atoms with Gasteiger partial charge in [0.15, 0.2) is 11.5 Å². The third-order valence-electron chi connectivity index (χ3n) is 4.60. The van der Waals surface area contributed by atoms with E-state index in [9.17, 15) is 0 Å². The summed E-state index contributed by atoms with van der Waals surface area (Å²) in [5, 5.41) is 3.26. The summed E-state index contributed by atoms with van der Waals surface area (Å²) in [4.78, 5) is 8.80. The second-order valence-electron chi connectivity index (χ2n) is 6.57. The van der Waals surface area contributed by atoms with Crippen molar-refractivity contribution in [2.75, 3.05) is 7.11 Å². The van der Waals surface area contributed by atoms with E-state index in [4.69, 9.17) is 32.7 Å². The van der Waals surface area contributed by atoms with Gasteiger partial charge in [-0.05, 0) is 48.0 Å². The molecule has 4 rings (SSSR count). The molecule has 1 heterocycles. The summed E-state index contributed by atoms with van der Waals surface area (Å²) in [5.41, 5.74) is 2.63. The van der Waals surface area contributed by atoms with Crippen LogP contribution in [0.25, 0.3) is 10.8 Å². The molecule has 150 valence electrons. The van der Waals surface area contributed by atoms with Crippen LogP contribution in [0.15, 0.2) is 78.0 Å². The molecule has 0 fully saturated rings. The zero-order valence-electron chi connectivity index (χ0n) is 16.2. The number of aliphatic imine (C=N–C) groups is 1. The summed E-state index contributed by atoms with van der Waals surface area (Å²) in [6.45, 7) is 0.309. The van der Waals surface area contributed by atoms with Crippen LogP contribution in [0.3, 0.4) is 0 Å². The minimum absolute atomic E-state index is 0.309. The van der Waals surface area contributed by atoms with Crippen LogP contribution in [0.2, 0.25) is 10.0 Å². The van der Waals surface area contributed by atoms with Crippen LogP contribution >= 0.6 is 23.2 Å². The standard InChI is InChI=1S/C24H18Cl2N2O2/c1-29-24-11-16(13-28-22-4-2-3-17-14-27-10-9-20(17)22)5-8-23(24)30-15-18-6-7-19(25)12-21(18)26/h2-14H,15H2,1H3. The molecule has 0 radical (unpaired) electrons. The second kappa shape index (κ2) is 9.16. The molecular weight excluding hydrogens is 419 g/mol. The molecule has 3 aromatic carbocycles. The maximum atomic E-state index is 6.22. The highest BCUT2D eigenvalue weighted by atomic mass is 35.5. The number of pyridine rings is 1. The predicted octanol–water partition coefficient (Wildman–Crippen LogP) is 6.88. The fourth-order valence-corrected chi connectivity index (χ4v) is 3.50. The molecule has 6 heteroatoms. The van der Waals surface area contributed by atoms with Gasteiger partial charge in [-0.15, -0.1) is 0 Å². The Morgan fingerprint density at radius 3 is 2.73 bits per heavy atom. The zero-order chi connectivity index (χ0) is 20.9. The van der Waals surface area contributed by atoms with Crippen molar-refractivity contribution < 1.29 is 9.47 Å². The quantitative estimate of drug-likeness (QED) is 0.309. The molecule has 0 bridgehead atoms. The molecule has 0 aliphatic carbocycles. The average molecular weight is 437 g/mol. The van der Waals surface area contributed by atoms with Crippen molar-refractivity contribution >= 4 is 45.9 Å². The first-order valence-electron chi connectivity index (χ1n) is 9.25. The highest BCUT2D eigenvalue weighted by Gasteiger charge is 2.08. The van der Waals surface area contributed by atoms with Crippen LogP contribution in [0.5, 0.6) is 11.5 Å². The molecule has 0 N–H and O–H groups in total. The summed E-state index contributed by atoms with van der Waals surface area (Å²) in [7, 11) is 1.61. The Kier molecular flexibility index (Phi) is 6.17. The van der Waals surface area contributed by atoms with Crippen molar-refractivity contribution in [2.45, 2.75) is 6.61 Å². The van der Waals surface area contributed by atoms with E-state index < -0.39 is 0 Å². The van der Waals surface area contributed by atoms with Gasteiger partial charge in [-0.25, -0.2) is 0 Å². The van der Waals surface area contributed by atoms with Gasteiger partial charge in [-0.1, -0.05) is 41.4 Å². The molecule has 0 saturated carbocycles. The van der Waals surface area contributed by atoms with Gasteiger partial charge in [-0.2, -0.15) is 0 Å². The van der Waals surface area contributed by atoms with E-state index >= 15 is 0 Å². The van der Waals surface area contributed by atoms with Gasteiger partial charge in [0.1, 0.15) is 6.61 Å². The monoisotopic (exact) mass is 436 g/mol. The molecule has 0 atom stereocenters. The average Bonchev–Trinajstić information content (AvgIpc) is 2.77. The summed E-state index contributed by atoms with van der Waals surface area (Å²) in [6, 6.07) is 18.9. The molecule has 0 amide bonds. The van der Waals surface area contributed by atoms with Gasteiger partial charge in [0.05, 0.1) is 12.8 Å². The first-order valence-corrected chi connectivity index (χ1v) is 10.0. The minimum Gasteiger partial charge on any atom is -0.493 e. The lowest BCUT2D eigenvalue weighted by atomic mass is 10.1. The van der Waals surface area contributed by atoms with Crippen molar-refractivity contribution in [3.63, 3.8) is 0 Å². The molecule has 1 aromatic heterocycles. The number of methoxy groups -OCH3 is 1. The Morgan fingerprint density at radius 2 is 1.90 bits per heavy atom. The first kappa shape index (κ1) is 20.2. The molecule has 0 unspecified atom stereocenters. The Morgan fingerprint density at radius 1 is 1.00 bits per heavy atom. The van der Waals surface area contributed by atoms with E-state index in [1.807, 2.05) is 54.7 Å². The van der Waals surface area contributed by atoms with E-state index in [1.54, 1.807) is 31.7 Å². The summed E-state index contributed by atoms with van der Waals surface area (Å²) in [6.07, 6.45) is 5.40. The van der Waals surface area contributed by atoms with Crippen LogP contribution < -0.4 is 9.47 Å². The first-order chi connectivity index (χ1) is 14.6. The number of aromatic nitrogens is 1. The Bertz CT molecular complexity index is 1220. The normalized spacial score (nSPS) is 11.2. The Hall–Kier alpha value is -3.08. The number of benzene rings is 3. The van der Waals surface area contributed by atoms with Gasteiger partial charge in [0.2, 0.25) is 0 Å². The SMILES string of the molecule is COc1cc(C=Nc2cccc3cnccc23)ccc1OCc1ccc(Cl)cc1Cl. The number of nitrogens with zero attached hydrogens (tertiary/aromatic N) is 2. The third-order valence-corrected chi connectivity index (χ3v) is 5.18. The largest absolute Gasteiger partial charge is 0.493 e. The molecule has 0 aliphatic heterocycles. The lowest BCUT2D eigenvalue weighted by Gasteiger charge is -2.12. The topological polar surface area (TPSA) is 43.7 Å². The number of halogens is 2. The van der Waals surface area contributed by atoms with E-state index in [0.29, 0.717) is 28.2 Å². The number of rotatable bonds is 6. The van der Waals surface area contributed by atoms with Crippen molar-refractivity contribution in [2.24, 2.45) is 4.99 Å². The fraction of sp³-hybridized carbons (Fsp3) is 0.0833. The molecule has 30 heavy (non-hydrogen) atoms. The van der Waals surface area contributed by atoms with E-state index in [-0.39, 0.29) is 0 Å². The molecule has 0 saturated heterocycles. The lowest BCUT2D eigenvalue weighted by Crippen LogP contribution is -1.99. The minimum atomic E-state index is 0.309.